The fourth-order valence-electron chi connectivity index (χ4n) is 2.22. The first-order valence-corrected chi connectivity index (χ1v) is 8.01. The summed E-state index contributed by atoms with van der Waals surface area (Å²) < 4.78 is 4.50. The van der Waals surface area contributed by atoms with Gasteiger partial charge >= 0.3 is 5.97 Å². The van der Waals surface area contributed by atoms with Crippen LogP contribution in [0.1, 0.15) is 12.0 Å². The van der Waals surface area contributed by atoms with Crippen LogP contribution in [0.25, 0.3) is 0 Å². The molecule has 6 nitrogen and oxygen atoms in total. The summed E-state index contributed by atoms with van der Waals surface area (Å²) in [5.74, 6) is -0.806. The van der Waals surface area contributed by atoms with Crippen molar-refractivity contribution in [1.82, 2.24) is 0 Å². The number of rotatable bonds is 7. The molecule has 0 atom stereocenters. The van der Waals surface area contributed by atoms with Crippen molar-refractivity contribution in [3.8, 4) is 6.07 Å². The van der Waals surface area contributed by atoms with E-state index in [-0.39, 0.29) is 11.5 Å². The minimum Gasteiger partial charge on any atom is -0.465 e. The predicted molar refractivity (Wildman–Crippen MR) is 99.2 cm³/mol. The summed E-state index contributed by atoms with van der Waals surface area (Å²) in [6.07, 6.45) is 2.31. The number of benzene rings is 2. The van der Waals surface area contributed by atoms with E-state index in [1.54, 1.807) is 30.3 Å². The van der Waals surface area contributed by atoms with E-state index in [1.807, 2.05) is 30.3 Å². The topological polar surface area (TPSA) is 91.2 Å². The van der Waals surface area contributed by atoms with Crippen LogP contribution in [-0.2, 0) is 20.7 Å². The molecule has 0 saturated heterocycles. The molecule has 2 aromatic rings. The molecular formula is C20H19N3O3. The van der Waals surface area contributed by atoms with Crippen molar-refractivity contribution in [2.45, 2.75) is 12.8 Å². The van der Waals surface area contributed by atoms with Gasteiger partial charge in [0.05, 0.1) is 7.11 Å². The average molecular weight is 349 g/mol. The molecule has 0 aromatic heterocycles. The first-order chi connectivity index (χ1) is 12.6. The highest BCUT2D eigenvalue weighted by molar-refractivity contribution is 5.93. The summed E-state index contributed by atoms with van der Waals surface area (Å²) in [7, 11) is 1.21. The Bertz CT molecular complexity index is 839. The second-order valence-corrected chi connectivity index (χ2v) is 5.42. The van der Waals surface area contributed by atoms with Crippen LogP contribution >= 0.6 is 0 Å². The Morgan fingerprint density at radius 3 is 2.54 bits per heavy atom. The Labute approximate surface area is 152 Å². The number of hydrogen-bond donors (Lipinski definition) is 2. The lowest BCUT2D eigenvalue weighted by molar-refractivity contribution is -0.135. The zero-order valence-electron chi connectivity index (χ0n) is 14.4. The molecule has 0 aliphatic rings. The van der Waals surface area contributed by atoms with Crippen molar-refractivity contribution in [2.75, 3.05) is 17.7 Å². The van der Waals surface area contributed by atoms with Gasteiger partial charge in [-0.1, -0.05) is 36.4 Å². The third-order valence-corrected chi connectivity index (χ3v) is 3.54. The number of esters is 1. The van der Waals surface area contributed by atoms with Gasteiger partial charge in [0.2, 0.25) is 5.91 Å². The maximum atomic E-state index is 12.1. The van der Waals surface area contributed by atoms with Gasteiger partial charge in [-0.25, -0.2) is 4.79 Å². The van der Waals surface area contributed by atoms with Gasteiger partial charge in [-0.05, 0) is 30.2 Å². The SMILES string of the molecule is COC(=O)/C(C#N)=C/Nc1cccc(NC(=O)CCc2ccccc2)c1. The lowest BCUT2D eigenvalue weighted by Gasteiger charge is -2.08. The number of ether oxygens (including phenoxy) is 1. The molecule has 132 valence electrons. The molecule has 0 fully saturated rings. The third kappa shape index (κ3) is 5.80. The quantitative estimate of drug-likeness (QED) is 0.455. The van der Waals surface area contributed by atoms with Crippen molar-refractivity contribution in [3.05, 3.63) is 71.9 Å². The molecule has 26 heavy (non-hydrogen) atoms. The molecule has 1 amide bonds. The first-order valence-electron chi connectivity index (χ1n) is 8.01. The Hall–Kier alpha value is -3.59. The maximum absolute atomic E-state index is 12.1. The Kier molecular flexibility index (Phi) is 6.95. The lowest BCUT2D eigenvalue weighted by atomic mass is 10.1. The maximum Gasteiger partial charge on any atom is 0.350 e. The number of nitrogens with one attached hydrogen (secondary N) is 2. The number of aryl methyl sites for hydroxylation is 1. The molecule has 0 heterocycles. The van der Waals surface area contributed by atoms with E-state index in [1.165, 1.54) is 13.3 Å². The molecule has 2 rings (SSSR count). The number of anilines is 2. The van der Waals surface area contributed by atoms with Crippen LogP contribution < -0.4 is 10.6 Å². The third-order valence-electron chi connectivity index (χ3n) is 3.54. The van der Waals surface area contributed by atoms with Gasteiger partial charge in [0.1, 0.15) is 6.07 Å². The van der Waals surface area contributed by atoms with E-state index in [2.05, 4.69) is 15.4 Å². The summed E-state index contributed by atoms with van der Waals surface area (Å²) in [5, 5.41) is 14.6. The van der Waals surface area contributed by atoms with E-state index >= 15 is 0 Å². The number of nitrogens with zero attached hydrogens (tertiary/aromatic N) is 1. The van der Waals surface area contributed by atoms with Crippen molar-refractivity contribution >= 4 is 23.3 Å². The minimum absolute atomic E-state index is 0.0891. The number of carbonyl (C=O) groups is 2. The molecule has 2 N–H and O–H groups in total. The Morgan fingerprint density at radius 1 is 1.12 bits per heavy atom. The number of nitriles is 1. The Morgan fingerprint density at radius 2 is 1.85 bits per heavy atom. The largest absolute Gasteiger partial charge is 0.465 e. The smallest absolute Gasteiger partial charge is 0.350 e. The predicted octanol–water partition coefficient (Wildman–Crippen LogP) is 3.25. The van der Waals surface area contributed by atoms with Crippen LogP contribution in [-0.4, -0.2) is 19.0 Å². The highest BCUT2D eigenvalue weighted by atomic mass is 16.5. The second-order valence-electron chi connectivity index (χ2n) is 5.42. The molecular weight excluding hydrogens is 330 g/mol. The van der Waals surface area contributed by atoms with E-state index in [4.69, 9.17) is 5.26 Å². The van der Waals surface area contributed by atoms with Crippen molar-refractivity contribution in [2.24, 2.45) is 0 Å². The van der Waals surface area contributed by atoms with E-state index < -0.39 is 5.97 Å². The van der Waals surface area contributed by atoms with Crippen molar-refractivity contribution < 1.29 is 14.3 Å². The average Bonchev–Trinajstić information content (AvgIpc) is 2.67. The molecule has 0 aliphatic carbocycles. The number of methoxy groups -OCH3 is 1. The van der Waals surface area contributed by atoms with Crippen molar-refractivity contribution in [1.29, 1.82) is 5.26 Å². The highest BCUT2D eigenvalue weighted by Gasteiger charge is 2.08. The highest BCUT2D eigenvalue weighted by Crippen LogP contribution is 2.16. The molecule has 0 unspecified atom stereocenters. The van der Waals surface area contributed by atoms with Gasteiger partial charge in [-0.2, -0.15) is 5.26 Å². The van der Waals surface area contributed by atoms with Gasteiger partial charge in [0.25, 0.3) is 0 Å². The van der Waals surface area contributed by atoms with Gasteiger partial charge in [0.15, 0.2) is 5.57 Å². The van der Waals surface area contributed by atoms with E-state index in [0.717, 1.165) is 5.56 Å². The van der Waals surface area contributed by atoms with Crippen LogP contribution in [0, 0.1) is 11.3 Å². The normalized spacial score (nSPS) is 10.5. The molecule has 0 spiro atoms. The minimum atomic E-state index is -0.717. The fourth-order valence-corrected chi connectivity index (χ4v) is 2.22. The summed E-state index contributed by atoms with van der Waals surface area (Å²) in [5.41, 5.74) is 2.21. The molecule has 0 aliphatic heterocycles. The van der Waals surface area contributed by atoms with E-state index in [0.29, 0.717) is 24.2 Å². The molecule has 6 heteroatoms. The van der Waals surface area contributed by atoms with Gasteiger partial charge in [-0.3, -0.25) is 4.79 Å². The van der Waals surface area contributed by atoms with Crippen LogP contribution in [0.15, 0.2) is 66.4 Å². The molecule has 0 saturated carbocycles. The number of carbonyl (C=O) groups excluding carboxylic acids is 2. The van der Waals surface area contributed by atoms with Crippen molar-refractivity contribution in [3.63, 3.8) is 0 Å². The number of hydrogen-bond acceptors (Lipinski definition) is 5. The monoisotopic (exact) mass is 349 g/mol. The standard InChI is InChI=1S/C20H19N3O3/c1-26-20(25)16(13-21)14-22-17-8-5-9-18(12-17)23-19(24)11-10-15-6-3-2-4-7-15/h2-9,12,14,22H,10-11H2,1H3,(H,23,24)/b16-14+. The molecule has 0 bridgehead atoms. The van der Waals surface area contributed by atoms with Gasteiger partial charge in [0, 0.05) is 24.0 Å². The summed E-state index contributed by atoms with van der Waals surface area (Å²) in [6.45, 7) is 0. The summed E-state index contributed by atoms with van der Waals surface area (Å²) in [6, 6.07) is 18.5. The summed E-state index contributed by atoms with van der Waals surface area (Å²) >= 11 is 0. The van der Waals surface area contributed by atoms with Crippen LogP contribution in [0.2, 0.25) is 0 Å². The zero-order valence-corrected chi connectivity index (χ0v) is 14.4. The zero-order chi connectivity index (χ0) is 18.8. The van der Waals surface area contributed by atoms with E-state index in [9.17, 15) is 9.59 Å². The van der Waals surface area contributed by atoms with Crippen LogP contribution in [0.3, 0.4) is 0 Å². The van der Waals surface area contributed by atoms with Crippen LogP contribution in [0.5, 0.6) is 0 Å². The van der Waals surface area contributed by atoms with Gasteiger partial charge < -0.3 is 15.4 Å². The van der Waals surface area contributed by atoms with Gasteiger partial charge in [-0.15, -0.1) is 0 Å². The molecule has 0 radical (unpaired) electrons. The Balaban J connectivity index is 1.94. The molecule has 2 aromatic carbocycles. The fraction of sp³-hybridized carbons (Fsp3) is 0.150. The number of amides is 1. The second kappa shape index (κ2) is 9.64. The summed E-state index contributed by atoms with van der Waals surface area (Å²) in [4.78, 5) is 23.4. The first kappa shape index (κ1) is 18.7. The lowest BCUT2D eigenvalue weighted by Crippen LogP contribution is -2.12. The van der Waals surface area contributed by atoms with Crippen LogP contribution in [0.4, 0.5) is 11.4 Å².